The number of ether oxygens (including phenoxy) is 4. The van der Waals surface area contributed by atoms with E-state index in [0.29, 0.717) is 40.7 Å². The molecule has 1 aromatic heterocycles. The summed E-state index contributed by atoms with van der Waals surface area (Å²) < 4.78 is 21.4. The monoisotopic (exact) mass is 566 g/mol. The Labute approximate surface area is 235 Å². The molecule has 1 saturated heterocycles. The van der Waals surface area contributed by atoms with Gasteiger partial charge in [0.05, 0.1) is 45.2 Å². The van der Waals surface area contributed by atoms with Gasteiger partial charge in [-0.25, -0.2) is 9.78 Å². The van der Waals surface area contributed by atoms with Crippen molar-refractivity contribution < 1.29 is 38.4 Å². The maximum Gasteiger partial charge on any atom is 0.350 e. The van der Waals surface area contributed by atoms with Crippen molar-refractivity contribution in [2.75, 3.05) is 32.8 Å². The van der Waals surface area contributed by atoms with Crippen LogP contribution in [0, 0.1) is 13.8 Å². The van der Waals surface area contributed by atoms with Gasteiger partial charge in [-0.05, 0) is 61.7 Å². The van der Waals surface area contributed by atoms with E-state index in [4.69, 9.17) is 18.9 Å². The zero-order valence-electron chi connectivity index (χ0n) is 23.1. The van der Waals surface area contributed by atoms with E-state index < -0.39 is 23.7 Å². The molecular weight excluding hydrogens is 536 g/mol. The lowest BCUT2D eigenvalue weighted by Crippen LogP contribution is -2.29. The van der Waals surface area contributed by atoms with Crippen molar-refractivity contribution in [3.63, 3.8) is 0 Å². The minimum absolute atomic E-state index is 0.110. The SMILES string of the molecule is CCCOc1ccc(C(O)=C2C(=O)C(=O)N(c3nc(C)c(C(=O)OC)s3)[C@@H]2c2ccc(OC)c(OC)c2)cc1C. The maximum absolute atomic E-state index is 13.5. The molecule has 210 valence electrons. The Balaban J connectivity index is 1.93. The lowest BCUT2D eigenvalue weighted by atomic mass is 9.94. The van der Waals surface area contributed by atoms with E-state index in [1.807, 2.05) is 13.8 Å². The third-order valence-electron chi connectivity index (χ3n) is 6.44. The van der Waals surface area contributed by atoms with E-state index in [1.165, 1.54) is 26.2 Å². The number of carbonyl (C=O) groups excluding carboxylic acids is 3. The molecule has 1 N–H and O–H groups in total. The number of thiazole rings is 1. The van der Waals surface area contributed by atoms with Crippen LogP contribution in [-0.2, 0) is 14.3 Å². The van der Waals surface area contributed by atoms with Crippen LogP contribution >= 0.6 is 11.3 Å². The van der Waals surface area contributed by atoms with Crippen molar-refractivity contribution in [3.05, 3.63) is 69.2 Å². The summed E-state index contributed by atoms with van der Waals surface area (Å²) in [4.78, 5) is 45.1. The van der Waals surface area contributed by atoms with Gasteiger partial charge < -0.3 is 24.1 Å². The van der Waals surface area contributed by atoms with Crippen LogP contribution in [0.4, 0.5) is 5.13 Å². The molecule has 2 heterocycles. The van der Waals surface area contributed by atoms with Crippen LogP contribution in [-0.4, -0.2) is 55.7 Å². The van der Waals surface area contributed by atoms with E-state index in [1.54, 1.807) is 43.3 Å². The lowest BCUT2D eigenvalue weighted by Gasteiger charge is -2.24. The number of Topliss-reactive ketones (excluding diaryl/α,β-unsaturated/α-hetero) is 1. The molecule has 1 amide bonds. The molecule has 40 heavy (non-hydrogen) atoms. The number of rotatable bonds is 9. The summed E-state index contributed by atoms with van der Waals surface area (Å²) in [6.07, 6.45) is 0.837. The van der Waals surface area contributed by atoms with Gasteiger partial charge in [0.25, 0.3) is 5.78 Å². The van der Waals surface area contributed by atoms with Gasteiger partial charge in [0.2, 0.25) is 0 Å². The van der Waals surface area contributed by atoms with Crippen LogP contribution in [0.25, 0.3) is 5.76 Å². The maximum atomic E-state index is 13.5. The number of ketones is 1. The lowest BCUT2D eigenvalue weighted by molar-refractivity contribution is -0.132. The van der Waals surface area contributed by atoms with Crippen molar-refractivity contribution in [3.8, 4) is 17.2 Å². The average molecular weight is 567 g/mol. The van der Waals surface area contributed by atoms with Crippen LogP contribution < -0.4 is 19.1 Å². The number of hydrogen-bond donors (Lipinski definition) is 1. The highest BCUT2D eigenvalue weighted by Gasteiger charge is 2.48. The second-order valence-electron chi connectivity index (χ2n) is 9.01. The highest BCUT2D eigenvalue weighted by atomic mass is 32.1. The summed E-state index contributed by atoms with van der Waals surface area (Å²) in [6.45, 7) is 5.98. The predicted octanol–water partition coefficient (Wildman–Crippen LogP) is 4.98. The molecule has 1 fully saturated rings. The van der Waals surface area contributed by atoms with Crippen LogP contribution in [0.2, 0.25) is 0 Å². The van der Waals surface area contributed by atoms with Crippen molar-refractivity contribution >= 4 is 39.9 Å². The second-order valence-corrected chi connectivity index (χ2v) is 9.99. The fraction of sp³-hybridized carbons (Fsp3) is 0.310. The molecule has 0 unspecified atom stereocenters. The van der Waals surface area contributed by atoms with Crippen LogP contribution in [0.1, 0.15) is 51.4 Å². The van der Waals surface area contributed by atoms with Gasteiger partial charge in [0, 0.05) is 5.56 Å². The number of benzene rings is 2. The number of aliphatic hydroxyl groups is 1. The first-order valence-electron chi connectivity index (χ1n) is 12.5. The van der Waals surface area contributed by atoms with Gasteiger partial charge >= 0.3 is 11.9 Å². The van der Waals surface area contributed by atoms with Crippen molar-refractivity contribution in [2.24, 2.45) is 0 Å². The number of hydrogen-bond acceptors (Lipinski definition) is 10. The molecule has 4 rings (SSSR count). The third-order valence-corrected chi connectivity index (χ3v) is 7.58. The quantitative estimate of drug-likeness (QED) is 0.165. The summed E-state index contributed by atoms with van der Waals surface area (Å²) in [6, 6.07) is 8.92. The van der Waals surface area contributed by atoms with E-state index in [9.17, 15) is 19.5 Å². The Kier molecular flexibility index (Phi) is 8.43. The minimum atomic E-state index is -1.08. The first-order chi connectivity index (χ1) is 19.2. The molecule has 10 nitrogen and oxygen atoms in total. The standard InChI is InChI=1S/C29H30N2O8S/c1-7-12-39-19-10-9-18(13-15(19)2)24(32)22-23(17-8-11-20(36-4)21(14-17)37-5)31(27(34)25(22)33)29-30-16(3)26(40-29)28(35)38-6/h8-11,13-14,23,32H,7,12H2,1-6H3/t23-/m1/s1. The third kappa shape index (κ3) is 5.12. The number of aryl methyl sites for hydroxylation is 2. The van der Waals surface area contributed by atoms with Crippen LogP contribution in [0.5, 0.6) is 17.2 Å². The molecule has 0 aliphatic carbocycles. The van der Waals surface area contributed by atoms with Crippen LogP contribution in [0.15, 0.2) is 42.0 Å². The molecular formula is C29H30N2O8S. The Morgan fingerprint density at radius 1 is 1.02 bits per heavy atom. The fourth-order valence-corrected chi connectivity index (χ4v) is 5.47. The summed E-state index contributed by atoms with van der Waals surface area (Å²) in [7, 11) is 4.21. The average Bonchev–Trinajstić information content (AvgIpc) is 3.47. The Morgan fingerprint density at radius 2 is 1.73 bits per heavy atom. The molecule has 1 aliphatic heterocycles. The Hall–Kier alpha value is -4.38. The van der Waals surface area contributed by atoms with Gasteiger partial charge in [0.15, 0.2) is 16.6 Å². The van der Waals surface area contributed by atoms with Gasteiger partial charge in [-0.2, -0.15) is 0 Å². The largest absolute Gasteiger partial charge is 0.507 e. The van der Waals surface area contributed by atoms with Gasteiger partial charge in [-0.1, -0.05) is 24.3 Å². The molecule has 0 saturated carbocycles. The first-order valence-corrected chi connectivity index (χ1v) is 13.3. The van der Waals surface area contributed by atoms with Gasteiger partial charge in [-0.3, -0.25) is 14.5 Å². The fourth-order valence-electron chi connectivity index (χ4n) is 4.46. The van der Waals surface area contributed by atoms with Crippen molar-refractivity contribution in [1.82, 2.24) is 4.98 Å². The zero-order chi connectivity index (χ0) is 29.1. The number of methoxy groups -OCH3 is 3. The molecule has 1 atom stereocenters. The van der Waals surface area contributed by atoms with Crippen molar-refractivity contribution in [1.29, 1.82) is 0 Å². The summed E-state index contributed by atoms with van der Waals surface area (Å²) in [5.74, 6) is -1.29. The first kappa shape index (κ1) is 28.6. The normalized spacial score (nSPS) is 16.2. The predicted molar refractivity (Wildman–Crippen MR) is 149 cm³/mol. The van der Waals surface area contributed by atoms with E-state index in [2.05, 4.69) is 4.98 Å². The number of aromatic nitrogens is 1. The molecule has 0 radical (unpaired) electrons. The van der Waals surface area contributed by atoms with E-state index in [0.717, 1.165) is 23.3 Å². The molecule has 0 bridgehead atoms. The zero-order valence-corrected chi connectivity index (χ0v) is 23.9. The minimum Gasteiger partial charge on any atom is -0.507 e. The Morgan fingerprint density at radius 3 is 2.35 bits per heavy atom. The molecule has 0 spiro atoms. The number of nitrogens with zero attached hydrogens (tertiary/aromatic N) is 2. The number of esters is 1. The smallest absolute Gasteiger partial charge is 0.350 e. The van der Waals surface area contributed by atoms with Gasteiger partial charge in [-0.15, -0.1) is 0 Å². The molecule has 1 aliphatic rings. The highest BCUT2D eigenvalue weighted by Crippen LogP contribution is 2.45. The summed E-state index contributed by atoms with van der Waals surface area (Å²) >= 11 is 0.923. The summed E-state index contributed by atoms with van der Waals surface area (Å²) in [5.41, 5.74) is 1.78. The van der Waals surface area contributed by atoms with E-state index in [-0.39, 0.29) is 21.3 Å². The number of amides is 1. The molecule has 11 heteroatoms. The van der Waals surface area contributed by atoms with Crippen LogP contribution in [0.3, 0.4) is 0 Å². The second kappa shape index (κ2) is 11.8. The van der Waals surface area contributed by atoms with Gasteiger partial charge in [0.1, 0.15) is 16.4 Å². The summed E-state index contributed by atoms with van der Waals surface area (Å²) in [5, 5.41) is 11.6. The number of aliphatic hydroxyl groups excluding tert-OH is 1. The molecule has 3 aromatic rings. The highest BCUT2D eigenvalue weighted by molar-refractivity contribution is 7.17. The molecule has 2 aromatic carbocycles. The Bertz CT molecular complexity index is 1510. The topological polar surface area (TPSA) is 124 Å². The van der Waals surface area contributed by atoms with E-state index >= 15 is 0 Å². The van der Waals surface area contributed by atoms with Crippen molar-refractivity contribution in [2.45, 2.75) is 33.2 Å². The number of carbonyl (C=O) groups is 3. The number of anilines is 1.